The summed E-state index contributed by atoms with van der Waals surface area (Å²) in [5.74, 6) is -0.888. The third-order valence-electron chi connectivity index (χ3n) is 1.87. The van der Waals surface area contributed by atoms with Crippen molar-refractivity contribution in [1.29, 1.82) is 0 Å². The topological polar surface area (TPSA) is 53.1 Å². The highest BCUT2D eigenvalue weighted by Crippen LogP contribution is 2.11. The molecular weight excluding hydrogens is 154 g/mol. The number of H-pyrrole nitrogens is 1. The van der Waals surface area contributed by atoms with Crippen molar-refractivity contribution < 1.29 is 9.90 Å². The minimum absolute atomic E-state index is 0.288. The van der Waals surface area contributed by atoms with Gasteiger partial charge in [0, 0.05) is 5.69 Å². The van der Waals surface area contributed by atoms with Crippen LogP contribution in [0.2, 0.25) is 0 Å². The fourth-order valence-electron chi connectivity index (χ4n) is 1.25. The zero-order valence-corrected chi connectivity index (χ0v) is 7.35. The summed E-state index contributed by atoms with van der Waals surface area (Å²) in [6.07, 6.45) is 1.98. The van der Waals surface area contributed by atoms with Gasteiger partial charge in [-0.25, -0.2) is 4.79 Å². The van der Waals surface area contributed by atoms with Gasteiger partial charge in [-0.05, 0) is 25.0 Å². The summed E-state index contributed by atoms with van der Waals surface area (Å²) in [4.78, 5) is 13.4. The number of rotatable bonds is 3. The molecule has 0 aliphatic carbocycles. The lowest BCUT2D eigenvalue weighted by molar-refractivity contribution is 0.0691. The molecule has 0 spiro atoms. The first kappa shape index (κ1) is 8.84. The van der Waals surface area contributed by atoms with Crippen LogP contribution >= 0.6 is 0 Å². The molecule has 12 heavy (non-hydrogen) atoms. The third kappa shape index (κ3) is 1.67. The molecule has 0 fully saturated rings. The molecule has 1 aromatic heterocycles. The molecule has 0 aromatic carbocycles. The molecule has 3 heteroatoms. The predicted octanol–water partition coefficient (Wildman–Crippen LogP) is 1.97. The fraction of sp³-hybridized carbons (Fsp3) is 0.444. The highest BCUT2D eigenvalue weighted by molar-refractivity contribution is 5.86. The van der Waals surface area contributed by atoms with Crippen LogP contribution in [0, 0.1) is 6.92 Å². The zero-order valence-electron chi connectivity index (χ0n) is 7.35. The van der Waals surface area contributed by atoms with Crippen LogP contribution in [0.3, 0.4) is 0 Å². The molecule has 0 radical (unpaired) electrons. The first-order valence-electron chi connectivity index (χ1n) is 4.07. The van der Waals surface area contributed by atoms with Gasteiger partial charge in [0.15, 0.2) is 0 Å². The van der Waals surface area contributed by atoms with E-state index in [-0.39, 0.29) is 5.69 Å². The number of hydrogen-bond donors (Lipinski definition) is 2. The standard InChI is InChI=1S/C9H13NO2/c1-3-4-7-5-8(9(11)12)10-6(7)2/h5,10H,3-4H2,1-2H3,(H,11,12). The Balaban J connectivity index is 2.92. The molecule has 0 unspecified atom stereocenters. The summed E-state index contributed by atoms with van der Waals surface area (Å²) in [6, 6.07) is 1.71. The van der Waals surface area contributed by atoms with Gasteiger partial charge in [0.1, 0.15) is 5.69 Å². The normalized spacial score (nSPS) is 10.2. The number of carbonyl (C=O) groups is 1. The fourth-order valence-corrected chi connectivity index (χ4v) is 1.25. The Morgan fingerprint density at radius 1 is 1.67 bits per heavy atom. The van der Waals surface area contributed by atoms with Crippen molar-refractivity contribution in [2.45, 2.75) is 26.7 Å². The summed E-state index contributed by atoms with van der Waals surface area (Å²) >= 11 is 0. The molecule has 1 aromatic rings. The number of aromatic amines is 1. The van der Waals surface area contributed by atoms with Crippen LogP contribution in [0.5, 0.6) is 0 Å². The van der Waals surface area contributed by atoms with Gasteiger partial charge < -0.3 is 10.1 Å². The second-order valence-electron chi connectivity index (χ2n) is 2.89. The van der Waals surface area contributed by atoms with Crippen molar-refractivity contribution in [3.05, 3.63) is 23.0 Å². The van der Waals surface area contributed by atoms with E-state index in [2.05, 4.69) is 11.9 Å². The molecule has 1 heterocycles. The molecular formula is C9H13NO2. The lowest BCUT2D eigenvalue weighted by Gasteiger charge is -1.92. The molecule has 0 atom stereocenters. The zero-order chi connectivity index (χ0) is 9.14. The van der Waals surface area contributed by atoms with Crippen LogP contribution in [0.4, 0.5) is 0 Å². The maximum Gasteiger partial charge on any atom is 0.352 e. The van der Waals surface area contributed by atoms with E-state index in [1.54, 1.807) is 6.07 Å². The van der Waals surface area contributed by atoms with Crippen LogP contribution in [0.1, 0.15) is 35.1 Å². The van der Waals surface area contributed by atoms with Gasteiger partial charge in [0.25, 0.3) is 0 Å². The SMILES string of the molecule is CCCc1cc(C(=O)O)[nH]c1C. The summed E-state index contributed by atoms with van der Waals surface area (Å²) in [5, 5.41) is 8.66. The van der Waals surface area contributed by atoms with Crippen LogP contribution in [0.25, 0.3) is 0 Å². The maximum absolute atomic E-state index is 10.5. The number of hydrogen-bond acceptors (Lipinski definition) is 1. The van der Waals surface area contributed by atoms with Gasteiger partial charge >= 0.3 is 5.97 Å². The van der Waals surface area contributed by atoms with E-state index in [1.165, 1.54) is 0 Å². The third-order valence-corrected chi connectivity index (χ3v) is 1.87. The number of aryl methyl sites for hydroxylation is 2. The Morgan fingerprint density at radius 2 is 2.33 bits per heavy atom. The Labute approximate surface area is 71.4 Å². The lowest BCUT2D eigenvalue weighted by Crippen LogP contribution is -1.95. The first-order valence-corrected chi connectivity index (χ1v) is 4.07. The average Bonchev–Trinajstić information content (AvgIpc) is 2.34. The van der Waals surface area contributed by atoms with Gasteiger partial charge in [0.05, 0.1) is 0 Å². The molecule has 1 rings (SSSR count). The van der Waals surface area contributed by atoms with Crippen molar-refractivity contribution in [1.82, 2.24) is 4.98 Å². The summed E-state index contributed by atoms with van der Waals surface area (Å²) in [6.45, 7) is 3.98. The van der Waals surface area contributed by atoms with Gasteiger partial charge in [0.2, 0.25) is 0 Å². The predicted molar refractivity (Wildman–Crippen MR) is 46.5 cm³/mol. The van der Waals surface area contributed by atoms with Crippen molar-refractivity contribution in [2.75, 3.05) is 0 Å². The molecule has 2 N–H and O–H groups in total. The van der Waals surface area contributed by atoms with Crippen LogP contribution in [-0.4, -0.2) is 16.1 Å². The number of aromatic nitrogens is 1. The summed E-state index contributed by atoms with van der Waals surface area (Å²) in [5.41, 5.74) is 2.36. The van der Waals surface area contributed by atoms with Crippen molar-refractivity contribution in [3.8, 4) is 0 Å². The van der Waals surface area contributed by atoms with E-state index < -0.39 is 5.97 Å². The number of carboxylic acids is 1. The molecule has 0 amide bonds. The van der Waals surface area contributed by atoms with E-state index >= 15 is 0 Å². The largest absolute Gasteiger partial charge is 0.477 e. The minimum atomic E-state index is -0.888. The van der Waals surface area contributed by atoms with E-state index in [1.807, 2.05) is 6.92 Å². The Kier molecular flexibility index (Phi) is 2.53. The van der Waals surface area contributed by atoms with E-state index in [0.717, 1.165) is 24.1 Å². The smallest absolute Gasteiger partial charge is 0.352 e. The highest BCUT2D eigenvalue weighted by Gasteiger charge is 2.08. The first-order chi connectivity index (χ1) is 5.65. The van der Waals surface area contributed by atoms with Gasteiger partial charge in [-0.1, -0.05) is 13.3 Å². The average molecular weight is 167 g/mol. The number of carboxylic acid groups (broad SMARTS) is 1. The Bertz CT molecular complexity index is 289. The Morgan fingerprint density at radius 3 is 2.75 bits per heavy atom. The monoisotopic (exact) mass is 167 g/mol. The van der Waals surface area contributed by atoms with Crippen molar-refractivity contribution >= 4 is 5.97 Å². The van der Waals surface area contributed by atoms with Crippen molar-refractivity contribution in [3.63, 3.8) is 0 Å². The van der Waals surface area contributed by atoms with Gasteiger partial charge in [-0.15, -0.1) is 0 Å². The number of nitrogens with one attached hydrogen (secondary N) is 1. The van der Waals surface area contributed by atoms with E-state index in [4.69, 9.17) is 5.11 Å². The molecule has 0 saturated carbocycles. The van der Waals surface area contributed by atoms with Gasteiger partial charge in [-0.2, -0.15) is 0 Å². The molecule has 66 valence electrons. The molecule has 3 nitrogen and oxygen atoms in total. The molecule has 0 aliphatic heterocycles. The minimum Gasteiger partial charge on any atom is -0.477 e. The van der Waals surface area contributed by atoms with Crippen LogP contribution < -0.4 is 0 Å². The number of aromatic carboxylic acids is 1. The second kappa shape index (κ2) is 3.43. The Hall–Kier alpha value is -1.25. The second-order valence-corrected chi connectivity index (χ2v) is 2.89. The van der Waals surface area contributed by atoms with Gasteiger partial charge in [-0.3, -0.25) is 0 Å². The quantitative estimate of drug-likeness (QED) is 0.723. The lowest BCUT2D eigenvalue weighted by atomic mass is 10.1. The van der Waals surface area contributed by atoms with E-state index in [0.29, 0.717) is 0 Å². The van der Waals surface area contributed by atoms with E-state index in [9.17, 15) is 4.79 Å². The highest BCUT2D eigenvalue weighted by atomic mass is 16.4. The molecule has 0 saturated heterocycles. The summed E-state index contributed by atoms with van der Waals surface area (Å²) < 4.78 is 0. The molecule has 0 bridgehead atoms. The summed E-state index contributed by atoms with van der Waals surface area (Å²) in [7, 11) is 0. The maximum atomic E-state index is 10.5. The van der Waals surface area contributed by atoms with Crippen molar-refractivity contribution in [2.24, 2.45) is 0 Å². The van der Waals surface area contributed by atoms with Crippen LogP contribution in [-0.2, 0) is 6.42 Å². The van der Waals surface area contributed by atoms with Crippen LogP contribution in [0.15, 0.2) is 6.07 Å². The molecule has 0 aliphatic rings.